The van der Waals surface area contributed by atoms with E-state index >= 15 is 0 Å². The molecule has 1 atom stereocenters. The summed E-state index contributed by atoms with van der Waals surface area (Å²) in [5.74, 6) is 0.936. The summed E-state index contributed by atoms with van der Waals surface area (Å²) in [4.78, 5) is 17.4. The molecule has 1 aliphatic carbocycles. The summed E-state index contributed by atoms with van der Waals surface area (Å²) in [6.45, 7) is 5.11. The van der Waals surface area contributed by atoms with Crippen molar-refractivity contribution in [3.05, 3.63) is 22.8 Å². The van der Waals surface area contributed by atoms with Crippen LogP contribution in [0.3, 0.4) is 0 Å². The van der Waals surface area contributed by atoms with Crippen LogP contribution < -0.4 is 0 Å². The second kappa shape index (κ2) is 6.95. The fourth-order valence-corrected chi connectivity index (χ4v) is 4.85. The van der Waals surface area contributed by atoms with E-state index in [1.807, 2.05) is 30.5 Å². The molecule has 0 N–H and O–H groups in total. The highest BCUT2D eigenvalue weighted by molar-refractivity contribution is 5.96. The summed E-state index contributed by atoms with van der Waals surface area (Å²) < 4.78 is 3.81. The average molecular weight is 387 g/mol. The summed E-state index contributed by atoms with van der Waals surface area (Å²) in [5.41, 5.74) is 2.03. The number of carbonyl (C=O) groups excluding carboxylic acids is 1. The maximum Gasteiger partial charge on any atom is 0.257 e. The van der Waals surface area contributed by atoms with Gasteiger partial charge >= 0.3 is 0 Å². The second-order valence-electron chi connectivity index (χ2n) is 8.46. The SMILES string of the molecule is Cc1nn(C)c(C)c1C(=O)N1CCC(c2nnnn2C2CCCC2)(N(C)C)C1. The number of aromatic nitrogens is 6. The van der Waals surface area contributed by atoms with Crippen molar-refractivity contribution in [2.75, 3.05) is 27.2 Å². The van der Waals surface area contributed by atoms with E-state index in [9.17, 15) is 4.79 Å². The van der Waals surface area contributed by atoms with Gasteiger partial charge in [-0.3, -0.25) is 14.4 Å². The molecular formula is C19H30N8O. The van der Waals surface area contributed by atoms with Crippen LogP contribution in [0, 0.1) is 13.8 Å². The van der Waals surface area contributed by atoms with E-state index in [0.717, 1.165) is 36.5 Å². The molecule has 1 amide bonds. The van der Waals surface area contributed by atoms with Gasteiger partial charge < -0.3 is 4.90 Å². The van der Waals surface area contributed by atoms with Gasteiger partial charge in [-0.05, 0) is 57.6 Å². The van der Waals surface area contributed by atoms with Crippen LogP contribution >= 0.6 is 0 Å². The Morgan fingerprint density at radius 1 is 1.21 bits per heavy atom. The van der Waals surface area contributed by atoms with E-state index in [4.69, 9.17) is 0 Å². The monoisotopic (exact) mass is 386 g/mol. The van der Waals surface area contributed by atoms with Gasteiger partial charge in [0.25, 0.3) is 5.91 Å². The fraction of sp³-hybridized carbons (Fsp3) is 0.737. The first-order chi connectivity index (χ1) is 13.3. The van der Waals surface area contributed by atoms with Gasteiger partial charge in [-0.25, -0.2) is 4.68 Å². The fourth-order valence-electron chi connectivity index (χ4n) is 4.85. The van der Waals surface area contributed by atoms with Gasteiger partial charge in [0.15, 0.2) is 5.82 Å². The van der Waals surface area contributed by atoms with Crippen molar-refractivity contribution < 1.29 is 4.79 Å². The molecule has 2 aromatic rings. The largest absolute Gasteiger partial charge is 0.336 e. The lowest BCUT2D eigenvalue weighted by Gasteiger charge is -2.35. The molecule has 28 heavy (non-hydrogen) atoms. The Labute approximate surface area is 165 Å². The van der Waals surface area contributed by atoms with E-state index in [0.29, 0.717) is 24.7 Å². The number of likely N-dealkylation sites (N-methyl/N-ethyl adjacent to an activating group) is 1. The van der Waals surface area contributed by atoms with Gasteiger partial charge in [0.2, 0.25) is 0 Å². The number of likely N-dealkylation sites (tertiary alicyclic amines) is 1. The minimum Gasteiger partial charge on any atom is -0.336 e. The normalized spacial score (nSPS) is 23.3. The molecule has 0 bridgehead atoms. The molecule has 1 saturated carbocycles. The third-order valence-electron chi connectivity index (χ3n) is 6.69. The summed E-state index contributed by atoms with van der Waals surface area (Å²) in [6.07, 6.45) is 5.51. The first-order valence-electron chi connectivity index (χ1n) is 10.1. The first kappa shape index (κ1) is 19.0. The Hall–Kier alpha value is -2.29. The molecule has 2 fully saturated rings. The molecule has 9 nitrogen and oxygen atoms in total. The summed E-state index contributed by atoms with van der Waals surface area (Å²) in [5, 5.41) is 17.2. The van der Waals surface area contributed by atoms with Crippen molar-refractivity contribution in [2.45, 2.75) is 57.5 Å². The lowest BCUT2D eigenvalue weighted by molar-refractivity contribution is 0.0736. The minimum atomic E-state index is -0.369. The van der Waals surface area contributed by atoms with Crippen LogP contribution in [-0.4, -0.2) is 72.9 Å². The van der Waals surface area contributed by atoms with Crippen LogP contribution in [0.4, 0.5) is 0 Å². The number of tetrazole rings is 1. The minimum absolute atomic E-state index is 0.0479. The van der Waals surface area contributed by atoms with Crippen molar-refractivity contribution >= 4 is 5.91 Å². The van der Waals surface area contributed by atoms with Crippen LogP contribution in [0.5, 0.6) is 0 Å². The lowest BCUT2D eigenvalue weighted by atomic mass is 9.95. The molecule has 1 saturated heterocycles. The predicted molar refractivity (Wildman–Crippen MR) is 104 cm³/mol. The molecule has 0 aromatic carbocycles. The number of aryl methyl sites for hydroxylation is 2. The molecule has 4 rings (SSSR count). The molecule has 2 aromatic heterocycles. The third kappa shape index (κ3) is 2.83. The standard InChI is InChI=1S/C19H30N8O/c1-13-16(14(2)25(5)21-13)17(28)26-11-10-19(12-26,24(3)4)18-20-22-23-27(18)15-8-6-7-9-15/h15H,6-12H2,1-5H3. The van der Waals surface area contributed by atoms with Gasteiger partial charge in [-0.1, -0.05) is 12.8 Å². The number of rotatable bonds is 4. The zero-order valence-electron chi connectivity index (χ0n) is 17.5. The van der Waals surface area contributed by atoms with Gasteiger partial charge in [0.1, 0.15) is 5.54 Å². The molecule has 152 valence electrons. The van der Waals surface area contributed by atoms with Crippen molar-refractivity contribution in [3.63, 3.8) is 0 Å². The number of hydrogen-bond acceptors (Lipinski definition) is 6. The number of nitrogens with zero attached hydrogens (tertiary/aromatic N) is 8. The summed E-state index contributed by atoms with van der Waals surface area (Å²) in [7, 11) is 5.99. The highest BCUT2D eigenvalue weighted by Gasteiger charge is 2.48. The Morgan fingerprint density at radius 3 is 2.54 bits per heavy atom. The highest BCUT2D eigenvalue weighted by atomic mass is 16.2. The smallest absolute Gasteiger partial charge is 0.257 e. The highest BCUT2D eigenvalue weighted by Crippen LogP contribution is 2.39. The molecule has 1 aliphatic heterocycles. The molecule has 2 aliphatic rings. The Morgan fingerprint density at radius 2 is 1.93 bits per heavy atom. The van der Waals surface area contributed by atoms with Crippen LogP contribution in [-0.2, 0) is 12.6 Å². The van der Waals surface area contributed by atoms with Crippen molar-refractivity contribution in [3.8, 4) is 0 Å². The Kier molecular flexibility index (Phi) is 4.73. The molecular weight excluding hydrogens is 356 g/mol. The third-order valence-corrected chi connectivity index (χ3v) is 6.69. The molecule has 0 spiro atoms. The van der Waals surface area contributed by atoms with Crippen molar-refractivity contribution in [1.82, 2.24) is 39.8 Å². The molecule has 0 radical (unpaired) electrons. The number of carbonyl (C=O) groups is 1. The maximum atomic E-state index is 13.3. The van der Waals surface area contributed by atoms with Gasteiger partial charge in [0, 0.05) is 25.8 Å². The van der Waals surface area contributed by atoms with Gasteiger partial charge in [-0.2, -0.15) is 5.10 Å². The topological polar surface area (TPSA) is 85.0 Å². The Balaban J connectivity index is 1.66. The van der Waals surface area contributed by atoms with Crippen LogP contribution in [0.1, 0.15) is 65.7 Å². The van der Waals surface area contributed by atoms with Crippen LogP contribution in [0.2, 0.25) is 0 Å². The summed E-state index contributed by atoms with van der Waals surface area (Å²) in [6, 6.07) is 0.370. The zero-order chi connectivity index (χ0) is 20.1. The van der Waals surface area contributed by atoms with E-state index < -0.39 is 0 Å². The number of hydrogen-bond donors (Lipinski definition) is 0. The second-order valence-corrected chi connectivity index (χ2v) is 8.46. The lowest BCUT2D eigenvalue weighted by Crippen LogP contribution is -2.47. The van der Waals surface area contributed by atoms with E-state index in [1.54, 1.807) is 4.68 Å². The van der Waals surface area contributed by atoms with E-state index in [-0.39, 0.29) is 11.4 Å². The zero-order valence-corrected chi connectivity index (χ0v) is 17.5. The van der Waals surface area contributed by atoms with Crippen molar-refractivity contribution in [2.24, 2.45) is 7.05 Å². The predicted octanol–water partition coefficient (Wildman–Crippen LogP) is 1.44. The summed E-state index contributed by atoms with van der Waals surface area (Å²) >= 11 is 0. The molecule has 3 heterocycles. The number of amides is 1. The molecule has 9 heteroatoms. The first-order valence-corrected chi connectivity index (χ1v) is 10.1. The quantitative estimate of drug-likeness (QED) is 0.791. The Bertz CT molecular complexity index is 879. The van der Waals surface area contributed by atoms with Crippen LogP contribution in [0.15, 0.2) is 0 Å². The van der Waals surface area contributed by atoms with E-state index in [1.165, 1.54) is 12.8 Å². The van der Waals surface area contributed by atoms with Gasteiger partial charge in [-0.15, -0.1) is 5.10 Å². The van der Waals surface area contributed by atoms with Gasteiger partial charge in [0.05, 0.1) is 17.3 Å². The van der Waals surface area contributed by atoms with Crippen LogP contribution in [0.25, 0.3) is 0 Å². The maximum absolute atomic E-state index is 13.3. The van der Waals surface area contributed by atoms with E-state index in [2.05, 4.69) is 39.6 Å². The average Bonchev–Trinajstić information content (AvgIpc) is 3.42. The van der Waals surface area contributed by atoms with Crippen molar-refractivity contribution in [1.29, 1.82) is 0 Å². The molecule has 1 unspecified atom stereocenters.